The molecule has 0 radical (unpaired) electrons. The molecule has 2 aliphatic carbocycles. The van der Waals surface area contributed by atoms with Gasteiger partial charge in [0.05, 0.1) is 18.9 Å². The lowest BCUT2D eigenvalue weighted by atomic mass is 9.85. The van der Waals surface area contributed by atoms with E-state index in [4.69, 9.17) is 4.74 Å². The van der Waals surface area contributed by atoms with Crippen LogP contribution in [0.3, 0.4) is 0 Å². The molecule has 34 heavy (non-hydrogen) atoms. The summed E-state index contributed by atoms with van der Waals surface area (Å²) < 4.78 is 5.17. The van der Waals surface area contributed by atoms with Gasteiger partial charge < -0.3 is 14.5 Å². The average molecular weight is 466 g/mol. The highest BCUT2D eigenvalue weighted by atomic mass is 16.5. The van der Waals surface area contributed by atoms with Gasteiger partial charge >= 0.3 is 0 Å². The molecular weight excluding hydrogens is 434 g/mol. The number of carbonyl (C=O) groups is 4. The number of ether oxygens (including phenoxy) is 1. The standard InChI is InChI=1S/C26H31N3O5/c1-34-20-8-3-17(4-9-20)5-10-21(30)27-11-2-12-28(14-13-27)22(31)16-29-25(32)23-18-6-7-19(15-18)24(23)26(29)33/h3-4,6-9,18-19,23-24H,2,5,10-16H2,1H3. The van der Waals surface area contributed by atoms with Gasteiger partial charge in [-0.3, -0.25) is 24.1 Å². The largest absolute Gasteiger partial charge is 0.497 e. The van der Waals surface area contributed by atoms with Crippen molar-refractivity contribution >= 4 is 23.6 Å². The molecular formula is C26H31N3O5. The molecule has 2 bridgehead atoms. The van der Waals surface area contributed by atoms with Crippen LogP contribution in [0.4, 0.5) is 0 Å². The summed E-state index contributed by atoms with van der Waals surface area (Å²) in [5, 5.41) is 0. The molecule has 2 aliphatic heterocycles. The minimum atomic E-state index is -0.279. The van der Waals surface area contributed by atoms with E-state index in [9.17, 15) is 19.2 Å². The lowest BCUT2D eigenvalue weighted by Gasteiger charge is -2.24. The van der Waals surface area contributed by atoms with E-state index in [1.807, 2.05) is 29.2 Å². The molecule has 0 N–H and O–H groups in total. The van der Waals surface area contributed by atoms with E-state index < -0.39 is 0 Å². The predicted octanol–water partition coefficient (Wildman–Crippen LogP) is 1.50. The van der Waals surface area contributed by atoms with Crippen LogP contribution < -0.4 is 4.74 Å². The van der Waals surface area contributed by atoms with Crippen LogP contribution in [0, 0.1) is 23.7 Å². The number of rotatable bonds is 6. The number of aryl methyl sites for hydroxylation is 1. The Labute approximate surface area is 199 Å². The molecule has 2 heterocycles. The first kappa shape index (κ1) is 22.6. The molecule has 4 amide bonds. The van der Waals surface area contributed by atoms with Crippen molar-refractivity contribution in [2.75, 3.05) is 39.8 Å². The first-order chi connectivity index (χ1) is 16.5. The van der Waals surface area contributed by atoms with E-state index in [1.165, 1.54) is 4.90 Å². The van der Waals surface area contributed by atoms with Gasteiger partial charge in [0.1, 0.15) is 12.3 Å². The number of nitrogens with zero attached hydrogens (tertiary/aromatic N) is 3. The Hall–Kier alpha value is -3.16. The average Bonchev–Trinajstić information content (AvgIpc) is 3.46. The highest BCUT2D eigenvalue weighted by Crippen LogP contribution is 2.52. The summed E-state index contributed by atoms with van der Waals surface area (Å²) in [6.07, 6.45) is 6.73. The van der Waals surface area contributed by atoms with Gasteiger partial charge in [0, 0.05) is 32.6 Å². The number of hydrogen-bond donors (Lipinski definition) is 0. The molecule has 5 rings (SSSR count). The summed E-state index contributed by atoms with van der Waals surface area (Å²) in [7, 11) is 1.62. The van der Waals surface area contributed by atoms with Gasteiger partial charge in [-0.15, -0.1) is 0 Å². The fraction of sp³-hybridized carbons (Fsp3) is 0.538. The monoisotopic (exact) mass is 465 g/mol. The molecule has 4 unspecified atom stereocenters. The number of methoxy groups -OCH3 is 1. The summed E-state index contributed by atoms with van der Waals surface area (Å²) in [4.78, 5) is 56.2. The zero-order chi connectivity index (χ0) is 23.8. The molecule has 4 atom stereocenters. The summed E-state index contributed by atoms with van der Waals surface area (Å²) in [5.74, 6) is -0.00564. The number of imide groups is 1. The van der Waals surface area contributed by atoms with E-state index >= 15 is 0 Å². The number of likely N-dealkylation sites (tertiary alicyclic amines) is 1. The molecule has 2 saturated heterocycles. The van der Waals surface area contributed by atoms with Crippen LogP contribution in [-0.2, 0) is 25.6 Å². The molecule has 4 aliphatic rings. The second kappa shape index (κ2) is 9.24. The Kier molecular flexibility index (Phi) is 6.15. The second-order valence-corrected chi connectivity index (χ2v) is 9.73. The summed E-state index contributed by atoms with van der Waals surface area (Å²) in [6.45, 7) is 1.83. The fourth-order valence-electron chi connectivity index (χ4n) is 5.97. The van der Waals surface area contributed by atoms with Gasteiger partial charge in [-0.2, -0.15) is 0 Å². The molecule has 1 aromatic carbocycles. The lowest BCUT2D eigenvalue weighted by Crippen LogP contribution is -2.45. The highest BCUT2D eigenvalue weighted by Gasteiger charge is 2.59. The molecule has 0 spiro atoms. The van der Waals surface area contributed by atoms with Crippen molar-refractivity contribution in [1.29, 1.82) is 0 Å². The third kappa shape index (κ3) is 4.10. The number of benzene rings is 1. The number of hydrogen-bond acceptors (Lipinski definition) is 5. The van der Waals surface area contributed by atoms with Crippen LogP contribution in [0.15, 0.2) is 36.4 Å². The Balaban J connectivity index is 1.12. The van der Waals surface area contributed by atoms with Gasteiger partial charge in [0.2, 0.25) is 23.6 Å². The van der Waals surface area contributed by atoms with Gasteiger partial charge in [-0.25, -0.2) is 0 Å². The number of carbonyl (C=O) groups excluding carboxylic acids is 4. The van der Waals surface area contributed by atoms with Crippen molar-refractivity contribution in [3.05, 3.63) is 42.0 Å². The van der Waals surface area contributed by atoms with Gasteiger partial charge in [0.15, 0.2) is 0 Å². The first-order valence-electron chi connectivity index (χ1n) is 12.2. The van der Waals surface area contributed by atoms with E-state index in [2.05, 4.69) is 12.2 Å². The topological polar surface area (TPSA) is 87.2 Å². The summed E-state index contributed by atoms with van der Waals surface area (Å²) >= 11 is 0. The van der Waals surface area contributed by atoms with Crippen molar-refractivity contribution in [3.63, 3.8) is 0 Å². The molecule has 8 heteroatoms. The number of amides is 4. The van der Waals surface area contributed by atoms with Crippen LogP contribution in [0.5, 0.6) is 5.75 Å². The molecule has 0 aromatic heterocycles. The van der Waals surface area contributed by atoms with Crippen LogP contribution in [0.25, 0.3) is 0 Å². The maximum Gasteiger partial charge on any atom is 0.242 e. The van der Waals surface area contributed by atoms with Crippen LogP contribution >= 0.6 is 0 Å². The third-order valence-electron chi connectivity index (χ3n) is 7.84. The lowest BCUT2D eigenvalue weighted by molar-refractivity contribution is -0.147. The van der Waals surface area contributed by atoms with E-state index in [-0.39, 0.29) is 53.8 Å². The zero-order valence-electron chi connectivity index (χ0n) is 19.5. The maximum atomic E-state index is 13.0. The highest BCUT2D eigenvalue weighted by molar-refractivity contribution is 6.08. The third-order valence-corrected chi connectivity index (χ3v) is 7.84. The Morgan fingerprint density at radius 1 is 0.882 bits per heavy atom. The van der Waals surface area contributed by atoms with Gasteiger partial charge in [-0.05, 0) is 48.8 Å². The van der Waals surface area contributed by atoms with Crippen LogP contribution in [0.1, 0.15) is 24.8 Å². The van der Waals surface area contributed by atoms with Crippen LogP contribution in [0.2, 0.25) is 0 Å². The summed E-state index contributed by atoms with van der Waals surface area (Å²) in [5.41, 5.74) is 1.08. The minimum Gasteiger partial charge on any atom is -0.497 e. The summed E-state index contributed by atoms with van der Waals surface area (Å²) in [6, 6.07) is 7.70. The van der Waals surface area contributed by atoms with E-state index in [0.717, 1.165) is 17.7 Å². The maximum absolute atomic E-state index is 13.0. The second-order valence-electron chi connectivity index (χ2n) is 9.73. The number of fused-ring (bicyclic) bond motifs is 5. The quantitative estimate of drug-likeness (QED) is 0.469. The first-order valence-corrected chi connectivity index (χ1v) is 12.2. The minimum absolute atomic E-state index is 0.0748. The van der Waals surface area contributed by atoms with Crippen molar-refractivity contribution < 1.29 is 23.9 Å². The normalized spacial score (nSPS) is 27.9. The molecule has 1 saturated carbocycles. The predicted molar refractivity (Wildman–Crippen MR) is 124 cm³/mol. The van der Waals surface area contributed by atoms with Gasteiger partial charge in [0.25, 0.3) is 0 Å². The molecule has 180 valence electrons. The zero-order valence-corrected chi connectivity index (χ0v) is 19.5. The van der Waals surface area contributed by atoms with Gasteiger partial charge in [-0.1, -0.05) is 24.3 Å². The molecule has 1 aromatic rings. The van der Waals surface area contributed by atoms with E-state index in [1.54, 1.807) is 12.0 Å². The molecule has 3 fully saturated rings. The smallest absolute Gasteiger partial charge is 0.242 e. The molecule has 8 nitrogen and oxygen atoms in total. The Bertz CT molecular complexity index is 990. The van der Waals surface area contributed by atoms with E-state index in [0.29, 0.717) is 45.4 Å². The van der Waals surface area contributed by atoms with Crippen molar-refractivity contribution in [3.8, 4) is 5.75 Å². The Morgan fingerprint density at radius 3 is 2.06 bits per heavy atom. The number of allylic oxidation sites excluding steroid dienone is 2. The van der Waals surface area contributed by atoms with Crippen molar-refractivity contribution in [2.24, 2.45) is 23.7 Å². The fourth-order valence-corrected chi connectivity index (χ4v) is 5.97. The Morgan fingerprint density at radius 2 is 1.47 bits per heavy atom. The van der Waals surface area contributed by atoms with Crippen molar-refractivity contribution in [1.82, 2.24) is 14.7 Å². The van der Waals surface area contributed by atoms with Crippen LogP contribution in [-0.4, -0.2) is 78.2 Å². The van der Waals surface area contributed by atoms with Crippen molar-refractivity contribution in [2.45, 2.75) is 25.7 Å². The SMILES string of the molecule is COc1ccc(CCC(=O)N2CCCN(C(=O)CN3C(=O)C4C5C=CC(C5)C4C3=O)CC2)cc1.